The zero-order valence-electron chi connectivity index (χ0n) is 17.0. The van der Waals surface area contributed by atoms with Crippen LogP contribution in [0, 0.1) is 12.8 Å². The van der Waals surface area contributed by atoms with Crippen LogP contribution in [0.1, 0.15) is 32.0 Å². The summed E-state index contributed by atoms with van der Waals surface area (Å²) in [4.78, 5) is 26.4. The van der Waals surface area contributed by atoms with Crippen molar-refractivity contribution in [3.63, 3.8) is 0 Å². The van der Waals surface area contributed by atoms with Crippen molar-refractivity contribution in [2.45, 2.75) is 45.2 Å². The molecule has 4 rings (SSSR count). The zero-order chi connectivity index (χ0) is 20.4. The van der Waals surface area contributed by atoms with Gasteiger partial charge in [0, 0.05) is 42.6 Å². The Hall–Kier alpha value is -2.18. The van der Waals surface area contributed by atoms with E-state index in [9.17, 15) is 4.79 Å². The molecule has 6 nitrogen and oxygen atoms in total. The molecular weight excluding hydrogens is 386 g/mol. The Kier molecular flexibility index (Phi) is 6.01. The number of rotatable bonds is 4. The molecule has 7 heteroatoms. The Morgan fingerprint density at radius 2 is 2.00 bits per heavy atom. The van der Waals surface area contributed by atoms with Crippen LogP contribution in [0.5, 0.6) is 0 Å². The number of halogens is 1. The predicted octanol–water partition coefficient (Wildman–Crippen LogP) is 3.76. The number of carbonyl (C=O) groups is 1. The van der Waals surface area contributed by atoms with Gasteiger partial charge in [-0.15, -0.1) is 0 Å². The van der Waals surface area contributed by atoms with Crippen LogP contribution in [-0.4, -0.2) is 52.5 Å². The van der Waals surface area contributed by atoms with E-state index in [0.717, 1.165) is 49.8 Å². The standard InChI is InChI=1S/C22H28ClN5O/c1-15(22(29)26-19-7-5-18(23)6-8-19)27-13-10-20-17(14-27)4-3-12-28(20)21-9-11-24-16(2)25-21/h5-9,11,15,17,20H,3-4,10,12-14H2,1-2H3,(H,26,29). The number of fused-ring (bicyclic) bond motifs is 1. The number of aromatic nitrogens is 2. The molecule has 0 spiro atoms. The van der Waals surface area contributed by atoms with E-state index < -0.39 is 0 Å². The van der Waals surface area contributed by atoms with Gasteiger partial charge in [0.2, 0.25) is 5.91 Å². The van der Waals surface area contributed by atoms with Gasteiger partial charge in [-0.1, -0.05) is 11.6 Å². The van der Waals surface area contributed by atoms with Crippen LogP contribution in [0.3, 0.4) is 0 Å². The quantitative estimate of drug-likeness (QED) is 0.826. The Morgan fingerprint density at radius 3 is 2.76 bits per heavy atom. The van der Waals surface area contributed by atoms with Crippen LogP contribution in [0.2, 0.25) is 5.02 Å². The Balaban J connectivity index is 1.40. The lowest BCUT2D eigenvalue weighted by molar-refractivity contribution is -0.121. The van der Waals surface area contributed by atoms with Gasteiger partial charge in [0.25, 0.3) is 0 Å². The number of piperidine rings is 2. The van der Waals surface area contributed by atoms with Crippen molar-refractivity contribution in [3.8, 4) is 0 Å². The fourth-order valence-corrected chi connectivity index (χ4v) is 4.74. The Labute approximate surface area is 177 Å². The number of benzene rings is 1. The molecule has 0 aliphatic carbocycles. The molecule has 1 aromatic carbocycles. The van der Waals surface area contributed by atoms with Gasteiger partial charge in [-0.05, 0) is 69.4 Å². The van der Waals surface area contributed by atoms with E-state index in [1.807, 2.05) is 38.2 Å². The topological polar surface area (TPSA) is 61.4 Å². The maximum absolute atomic E-state index is 12.8. The van der Waals surface area contributed by atoms with Gasteiger partial charge in [0.15, 0.2) is 0 Å². The summed E-state index contributed by atoms with van der Waals surface area (Å²) in [5.41, 5.74) is 0.782. The van der Waals surface area contributed by atoms with Crippen molar-refractivity contribution in [2.75, 3.05) is 29.9 Å². The van der Waals surface area contributed by atoms with E-state index in [-0.39, 0.29) is 11.9 Å². The molecule has 0 bridgehead atoms. The number of anilines is 2. The molecule has 2 saturated heterocycles. The molecule has 3 unspecified atom stereocenters. The third kappa shape index (κ3) is 4.54. The molecule has 3 atom stereocenters. The summed E-state index contributed by atoms with van der Waals surface area (Å²) < 4.78 is 0. The van der Waals surface area contributed by atoms with E-state index >= 15 is 0 Å². The highest BCUT2D eigenvalue weighted by Crippen LogP contribution is 2.34. The minimum absolute atomic E-state index is 0.0323. The van der Waals surface area contributed by atoms with Gasteiger partial charge >= 0.3 is 0 Å². The highest BCUT2D eigenvalue weighted by atomic mass is 35.5. The SMILES string of the molecule is Cc1nccc(N2CCCC3CN(C(C)C(=O)Nc4ccc(Cl)cc4)CCC32)n1. The van der Waals surface area contributed by atoms with E-state index in [4.69, 9.17) is 11.6 Å². The number of carbonyl (C=O) groups excluding carboxylic acids is 1. The largest absolute Gasteiger partial charge is 0.353 e. The van der Waals surface area contributed by atoms with Crippen molar-refractivity contribution in [3.05, 3.63) is 47.4 Å². The molecule has 0 saturated carbocycles. The van der Waals surface area contributed by atoms with Gasteiger partial charge in [0.05, 0.1) is 6.04 Å². The summed E-state index contributed by atoms with van der Waals surface area (Å²) in [5, 5.41) is 3.68. The summed E-state index contributed by atoms with van der Waals surface area (Å²) in [6.07, 6.45) is 5.25. The van der Waals surface area contributed by atoms with Gasteiger partial charge < -0.3 is 10.2 Å². The number of hydrogen-bond acceptors (Lipinski definition) is 5. The van der Waals surface area contributed by atoms with Crippen molar-refractivity contribution in [2.24, 2.45) is 5.92 Å². The third-order valence-electron chi connectivity index (χ3n) is 6.19. The minimum atomic E-state index is -0.164. The van der Waals surface area contributed by atoms with Crippen LogP contribution >= 0.6 is 11.6 Å². The van der Waals surface area contributed by atoms with Gasteiger partial charge in [0.1, 0.15) is 11.6 Å². The Bertz CT molecular complexity index is 859. The molecule has 1 aromatic heterocycles. The van der Waals surface area contributed by atoms with Gasteiger partial charge in [-0.25, -0.2) is 9.97 Å². The summed E-state index contributed by atoms with van der Waals surface area (Å²) in [6, 6.07) is 9.59. The zero-order valence-corrected chi connectivity index (χ0v) is 17.8. The lowest BCUT2D eigenvalue weighted by atomic mass is 9.83. The number of hydrogen-bond donors (Lipinski definition) is 1. The first-order chi connectivity index (χ1) is 14.0. The second-order valence-corrected chi connectivity index (χ2v) is 8.52. The average molecular weight is 414 g/mol. The molecule has 29 heavy (non-hydrogen) atoms. The molecule has 2 aromatic rings. The third-order valence-corrected chi connectivity index (χ3v) is 6.45. The number of amides is 1. The molecule has 1 amide bonds. The summed E-state index contributed by atoms with van der Waals surface area (Å²) in [7, 11) is 0. The second kappa shape index (κ2) is 8.67. The summed E-state index contributed by atoms with van der Waals surface area (Å²) in [6.45, 7) is 6.84. The molecule has 1 N–H and O–H groups in total. The van der Waals surface area contributed by atoms with E-state index in [1.54, 1.807) is 12.1 Å². The molecule has 154 valence electrons. The van der Waals surface area contributed by atoms with Crippen LogP contribution in [0.4, 0.5) is 11.5 Å². The predicted molar refractivity (Wildman–Crippen MR) is 116 cm³/mol. The summed E-state index contributed by atoms with van der Waals surface area (Å²) in [5.74, 6) is 2.44. The molecular formula is C22H28ClN5O. The van der Waals surface area contributed by atoms with Gasteiger partial charge in [-0.3, -0.25) is 9.69 Å². The fourth-order valence-electron chi connectivity index (χ4n) is 4.62. The van der Waals surface area contributed by atoms with Crippen molar-refractivity contribution in [1.82, 2.24) is 14.9 Å². The van der Waals surface area contributed by atoms with Crippen LogP contribution in [0.25, 0.3) is 0 Å². The lowest BCUT2D eigenvalue weighted by Crippen LogP contribution is -2.57. The van der Waals surface area contributed by atoms with Crippen molar-refractivity contribution >= 4 is 29.0 Å². The number of nitrogens with zero attached hydrogens (tertiary/aromatic N) is 4. The Morgan fingerprint density at radius 1 is 1.21 bits per heavy atom. The minimum Gasteiger partial charge on any atom is -0.353 e. The smallest absolute Gasteiger partial charge is 0.241 e. The molecule has 2 aliphatic heterocycles. The maximum atomic E-state index is 12.8. The van der Waals surface area contributed by atoms with E-state index in [1.165, 1.54) is 6.42 Å². The average Bonchev–Trinajstić information content (AvgIpc) is 2.74. The molecule has 3 heterocycles. The first-order valence-corrected chi connectivity index (χ1v) is 10.8. The normalized spacial score (nSPS) is 23.3. The number of likely N-dealkylation sites (tertiary alicyclic amines) is 1. The van der Waals surface area contributed by atoms with Crippen LogP contribution < -0.4 is 10.2 Å². The first-order valence-electron chi connectivity index (χ1n) is 10.4. The van der Waals surface area contributed by atoms with E-state index in [0.29, 0.717) is 17.0 Å². The van der Waals surface area contributed by atoms with Crippen molar-refractivity contribution in [1.29, 1.82) is 0 Å². The lowest BCUT2D eigenvalue weighted by Gasteiger charge is -2.48. The summed E-state index contributed by atoms with van der Waals surface area (Å²) >= 11 is 5.93. The van der Waals surface area contributed by atoms with Crippen LogP contribution in [0.15, 0.2) is 36.5 Å². The highest BCUT2D eigenvalue weighted by molar-refractivity contribution is 6.30. The first kappa shape index (κ1) is 20.1. The monoisotopic (exact) mass is 413 g/mol. The van der Waals surface area contributed by atoms with Crippen LogP contribution in [-0.2, 0) is 4.79 Å². The van der Waals surface area contributed by atoms with Crippen molar-refractivity contribution < 1.29 is 4.79 Å². The number of nitrogens with one attached hydrogen (secondary N) is 1. The van der Waals surface area contributed by atoms with Gasteiger partial charge in [-0.2, -0.15) is 0 Å². The fraction of sp³-hybridized carbons (Fsp3) is 0.500. The number of aryl methyl sites for hydroxylation is 1. The molecule has 0 radical (unpaired) electrons. The van der Waals surface area contributed by atoms with E-state index in [2.05, 4.69) is 25.1 Å². The molecule has 2 aliphatic rings. The molecule has 2 fully saturated rings. The second-order valence-electron chi connectivity index (χ2n) is 8.08. The highest BCUT2D eigenvalue weighted by Gasteiger charge is 2.38. The maximum Gasteiger partial charge on any atom is 0.241 e.